The number of aliphatic hydroxyl groups excluding tert-OH is 1. The maximum Gasteiger partial charge on any atom is 0.178 e. The van der Waals surface area contributed by atoms with Crippen LogP contribution in [-0.2, 0) is 14.6 Å². The number of ether oxygens (including phenoxy) is 1. The number of hydrogen-bond donors (Lipinski definition) is 1. The van der Waals surface area contributed by atoms with Gasteiger partial charge in [0.1, 0.15) is 0 Å². The summed E-state index contributed by atoms with van der Waals surface area (Å²) in [5, 5.41) is 10.3. The second-order valence-corrected chi connectivity index (χ2v) is 8.99. The minimum absolute atomic E-state index is 0.0174. The highest BCUT2D eigenvalue weighted by Gasteiger charge is 2.40. The Morgan fingerprint density at radius 3 is 2.32 bits per heavy atom. The Hall–Kier alpha value is -0.180. The van der Waals surface area contributed by atoms with Crippen molar-refractivity contribution in [1.82, 2.24) is 0 Å². The van der Waals surface area contributed by atoms with E-state index in [0.29, 0.717) is 11.3 Å². The van der Waals surface area contributed by atoms with Crippen LogP contribution in [0.5, 0.6) is 0 Å². The highest BCUT2D eigenvalue weighted by Crippen LogP contribution is 2.33. The molecule has 2 rings (SSSR count). The molecule has 6 heteroatoms. The van der Waals surface area contributed by atoms with E-state index >= 15 is 0 Å². The molecule has 4 nitrogen and oxygen atoms in total. The Balaban J connectivity index is 2.04. The Bertz CT molecular complexity index is 573. The molecule has 5 atom stereocenters. The molecular formula is C16H23IO4S. The van der Waals surface area contributed by atoms with Gasteiger partial charge in [-0.15, -0.1) is 0 Å². The van der Waals surface area contributed by atoms with Crippen molar-refractivity contribution in [2.45, 2.75) is 43.5 Å². The van der Waals surface area contributed by atoms with Gasteiger partial charge in [-0.2, -0.15) is 0 Å². The van der Waals surface area contributed by atoms with E-state index in [1.54, 1.807) is 30.3 Å². The maximum atomic E-state index is 12.4. The molecule has 1 aliphatic rings. The van der Waals surface area contributed by atoms with Gasteiger partial charge in [0, 0.05) is 16.3 Å². The van der Waals surface area contributed by atoms with Crippen molar-refractivity contribution in [2.24, 2.45) is 11.8 Å². The summed E-state index contributed by atoms with van der Waals surface area (Å²) in [6.07, 6.45) is -0.270. The largest absolute Gasteiger partial charge is 0.392 e. The van der Waals surface area contributed by atoms with Crippen LogP contribution in [-0.4, -0.2) is 42.0 Å². The number of halogens is 1. The molecule has 1 aromatic carbocycles. The molecular weight excluding hydrogens is 415 g/mol. The average Bonchev–Trinajstić information content (AvgIpc) is 2.53. The summed E-state index contributed by atoms with van der Waals surface area (Å²) in [7, 11) is -3.30. The second kappa shape index (κ2) is 7.59. The third-order valence-electron chi connectivity index (χ3n) is 4.53. The molecule has 0 radical (unpaired) electrons. The molecule has 0 aliphatic carbocycles. The number of hydrogen-bond acceptors (Lipinski definition) is 4. The summed E-state index contributed by atoms with van der Waals surface area (Å²) in [6.45, 7) is 3.92. The fourth-order valence-corrected chi connectivity index (χ4v) is 5.28. The minimum Gasteiger partial charge on any atom is -0.392 e. The standard InChI is InChI=1S/C16H23IO4S/c1-11-14(21-15(10-17)12(2)16(11)18)8-9-22(19,20)13-6-4-3-5-7-13/h3-7,11-12,14-16,18H,8-10H2,1-2H3/t11-,12+,14+,15-,16-/m1/s1. The first kappa shape index (κ1) is 18.2. The summed E-state index contributed by atoms with van der Waals surface area (Å²) in [4.78, 5) is 0.345. The molecule has 1 N–H and O–H groups in total. The Morgan fingerprint density at radius 1 is 1.14 bits per heavy atom. The van der Waals surface area contributed by atoms with Crippen LogP contribution in [0, 0.1) is 11.8 Å². The van der Waals surface area contributed by atoms with E-state index in [1.807, 2.05) is 13.8 Å². The molecule has 124 valence electrons. The lowest BCUT2D eigenvalue weighted by Crippen LogP contribution is -2.49. The van der Waals surface area contributed by atoms with Crippen LogP contribution in [0.4, 0.5) is 0 Å². The van der Waals surface area contributed by atoms with Crippen LogP contribution >= 0.6 is 22.6 Å². The molecule has 0 spiro atoms. The van der Waals surface area contributed by atoms with Gasteiger partial charge in [0.05, 0.1) is 29.0 Å². The van der Waals surface area contributed by atoms with Crippen LogP contribution in [0.1, 0.15) is 20.3 Å². The number of alkyl halides is 1. The summed E-state index contributed by atoms with van der Waals surface area (Å²) >= 11 is 2.25. The summed E-state index contributed by atoms with van der Waals surface area (Å²) < 4.78 is 31.5. The van der Waals surface area contributed by atoms with E-state index in [1.165, 1.54) is 0 Å². The third kappa shape index (κ3) is 4.01. The third-order valence-corrected chi connectivity index (χ3v) is 7.16. The maximum absolute atomic E-state index is 12.4. The van der Waals surface area contributed by atoms with Crippen LogP contribution in [0.3, 0.4) is 0 Å². The predicted molar refractivity (Wildman–Crippen MR) is 95.0 cm³/mol. The van der Waals surface area contributed by atoms with Gasteiger partial charge in [0.2, 0.25) is 0 Å². The SMILES string of the molecule is C[C@@H]1[C@H](O)[C@H](C)[C@H](CCS(=O)(=O)c2ccccc2)O[C@@H]1CI. The molecule has 0 aromatic heterocycles. The quantitative estimate of drug-likeness (QED) is 0.567. The van der Waals surface area contributed by atoms with Crippen molar-refractivity contribution < 1.29 is 18.3 Å². The zero-order valence-corrected chi connectivity index (χ0v) is 15.8. The highest BCUT2D eigenvalue weighted by molar-refractivity contribution is 14.1. The average molecular weight is 438 g/mol. The van der Waals surface area contributed by atoms with Gasteiger partial charge in [0.15, 0.2) is 9.84 Å². The fraction of sp³-hybridized carbons (Fsp3) is 0.625. The topological polar surface area (TPSA) is 63.6 Å². The summed E-state index contributed by atoms with van der Waals surface area (Å²) in [6, 6.07) is 8.48. The van der Waals surface area contributed by atoms with Crippen LogP contribution in [0.15, 0.2) is 35.2 Å². The van der Waals surface area contributed by atoms with E-state index in [9.17, 15) is 13.5 Å². The van der Waals surface area contributed by atoms with Gasteiger partial charge in [0.25, 0.3) is 0 Å². The lowest BCUT2D eigenvalue weighted by atomic mass is 9.82. The van der Waals surface area contributed by atoms with Crippen LogP contribution < -0.4 is 0 Å². The lowest BCUT2D eigenvalue weighted by molar-refractivity contribution is -0.154. The van der Waals surface area contributed by atoms with Crippen molar-refractivity contribution in [3.8, 4) is 0 Å². The number of rotatable bonds is 5. The van der Waals surface area contributed by atoms with Gasteiger partial charge in [-0.1, -0.05) is 54.6 Å². The molecule has 0 unspecified atom stereocenters. The van der Waals surface area contributed by atoms with E-state index in [-0.39, 0.29) is 29.8 Å². The molecule has 0 saturated carbocycles. The Kier molecular flexibility index (Phi) is 6.27. The smallest absolute Gasteiger partial charge is 0.178 e. The van der Waals surface area contributed by atoms with E-state index in [4.69, 9.17) is 4.74 Å². The number of aliphatic hydroxyl groups is 1. The van der Waals surface area contributed by atoms with Crippen molar-refractivity contribution in [1.29, 1.82) is 0 Å². The van der Waals surface area contributed by atoms with Gasteiger partial charge in [-0.05, 0) is 18.6 Å². The Labute approximate surface area is 146 Å². The molecule has 0 bridgehead atoms. The fourth-order valence-electron chi connectivity index (χ4n) is 2.92. The first-order valence-corrected chi connectivity index (χ1v) is 10.7. The van der Waals surface area contributed by atoms with Crippen molar-refractivity contribution in [3.05, 3.63) is 30.3 Å². The van der Waals surface area contributed by atoms with Gasteiger partial charge < -0.3 is 9.84 Å². The number of benzene rings is 1. The van der Waals surface area contributed by atoms with E-state index in [0.717, 1.165) is 4.43 Å². The molecule has 0 amide bonds. The van der Waals surface area contributed by atoms with Gasteiger partial charge in [-0.25, -0.2) is 8.42 Å². The van der Waals surface area contributed by atoms with Crippen LogP contribution in [0.25, 0.3) is 0 Å². The first-order chi connectivity index (χ1) is 10.4. The van der Waals surface area contributed by atoms with Crippen molar-refractivity contribution >= 4 is 32.4 Å². The highest BCUT2D eigenvalue weighted by atomic mass is 127. The van der Waals surface area contributed by atoms with Crippen molar-refractivity contribution in [2.75, 3.05) is 10.2 Å². The van der Waals surface area contributed by atoms with Crippen molar-refractivity contribution in [3.63, 3.8) is 0 Å². The molecule has 1 heterocycles. The normalized spacial score (nSPS) is 32.8. The van der Waals surface area contributed by atoms with E-state index < -0.39 is 15.9 Å². The monoisotopic (exact) mass is 438 g/mol. The number of sulfone groups is 1. The summed E-state index contributed by atoms with van der Waals surface area (Å²) in [5.74, 6) is 0.0650. The summed E-state index contributed by atoms with van der Waals surface area (Å²) in [5.41, 5.74) is 0. The molecule has 1 aliphatic heterocycles. The zero-order valence-electron chi connectivity index (χ0n) is 12.9. The molecule has 1 aromatic rings. The molecule has 1 saturated heterocycles. The van der Waals surface area contributed by atoms with Crippen LogP contribution in [0.2, 0.25) is 0 Å². The van der Waals surface area contributed by atoms with Gasteiger partial charge >= 0.3 is 0 Å². The second-order valence-electron chi connectivity index (χ2n) is 6.00. The lowest BCUT2D eigenvalue weighted by Gasteiger charge is -2.42. The van der Waals surface area contributed by atoms with E-state index in [2.05, 4.69) is 22.6 Å². The van der Waals surface area contributed by atoms with Gasteiger partial charge in [-0.3, -0.25) is 0 Å². The Morgan fingerprint density at radius 2 is 1.73 bits per heavy atom. The molecule has 1 fully saturated rings. The predicted octanol–water partition coefficient (Wildman–Crippen LogP) is 2.69. The minimum atomic E-state index is -3.30. The molecule has 22 heavy (non-hydrogen) atoms. The zero-order chi connectivity index (χ0) is 16.3. The first-order valence-electron chi connectivity index (χ1n) is 7.54.